The summed E-state index contributed by atoms with van der Waals surface area (Å²) in [5.41, 5.74) is 0. The van der Waals surface area contributed by atoms with Crippen LogP contribution in [0.15, 0.2) is 4.52 Å². The minimum Gasteiger partial charge on any atom is -0.374 e. The molecule has 0 saturated carbocycles. The van der Waals surface area contributed by atoms with Crippen LogP contribution in [-0.2, 0) is 11.3 Å². The summed E-state index contributed by atoms with van der Waals surface area (Å²) in [6, 6.07) is 0. The maximum Gasteiger partial charge on any atom is 0.230 e. The molecular weight excluding hydrogens is 194 g/mol. The molecule has 0 bridgehead atoms. The fourth-order valence-corrected chi connectivity index (χ4v) is 1.17. The third-order valence-corrected chi connectivity index (χ3v) is 2.04. The van der Waals surface area contributed by atoms with Gasteiger partial charge in [-0.25, -0.2) is 0 Å². The lowest BCUT2D eigenvalue weighted by molar-refractivity contribution is 0.126. The van der Waals surface area contributed by atoms with Gasteiger partial charge in [0.05, 0.1) is 0 Å². The molecule has 1 N–H and O–H groups in total. The molecule has 1 rings (SSSR count). The number of ether oxygens (including phenoxy) is 1. The van der Waals surface area contributed by atoms with Gasteiger partial charge in [-0.2, -0.15) is 4.98 Å². The lowest BCUT2D eigenvalue weighted by Crippen LogP contribution is -2.19. The van der Waals surface area contributed by atoms with Crippen LogP contribution >= 0.6 is 0 Å². The van der Waals surface area contributed by atoms with Gasteiger partial charge in [0.25, 0.3) is 0 Å². The molecule has 1 unspecified atom stereocenters. The number of hydrogen-bond acceptors (Lipinski definition) is 5. The molecule has 0 amide bonds. The molecule has 15 heavy (non-hydrogen) atoms. The average Bonchev–Trinajstić information content (AvgIpc) is 2.71. The van der Waals surface area contributed by atoms with Gasteiger partial charge in [0, 0.05) is 19.1 Å². The molecule has 5 nitrogen and oxygen atoms in total. The highest BCUT2D eigenvalue weighted by atomic mass is 16.5. The first kappa shape index (κ1) is 12.1. The normalized spacial score (nSPS) is 13.0. The van der Waals surface area contributed by atoms with Crippen molar-refractivity contribution in [1.82, 2.24) is 15.5 Å². The van der Waals surface area contributed by atoms with Crippen molar-refractivity contribution in [1.29, 1.82) is 0 Å². The van der Waals surface area contributed by atoms with E-state index in [4.69, 9.17) is 9.26 Å². The molecule has 1 heterocycles. The molecule has 1 aromatic heterocycles. The minimum absolute atomic E-state index is 0.243. The van der Waals surface area contributed by atoms with E-state index in [2.05, 4.69) is 29.3 Å². The molecule has 1 atom stereocenters. The fourth-order valence-electron chi connectivity index (χ4n) is 1.17. The summed E-state index contributed by atoms with van der Waals surface area (Å²) in [6.45, 7) is 8.96. The number of rotatable bonds is 7. The summed E-state index contributed by atoms with van der Waals surface area (Å²) in [7, 11) is 0. The Hall–Kier alpha value is -0.940. The van der Waals surface area contributed by atoms with Crippen LogP contribution in [0.2, 0.25) is 0 Å². The van der Waals surface area contributed by atoms with E-state index in [0.29, 0.717) is 24.9 Å². The van der Waals surface area contributed by atoms with Crippen molar-refractivity contribution in [2.24, 2.45) is 0 Å². The lowest BCUT2D eigenvalue weighted by Gasteiger charge is -2.05. The van der Waals surface area contributed by atoms with E-state index in [-0.39, 0.29) is 5.92 Å². The van der Waals surface area contributed by atoms with Gasteiger partial charge in [-0.15, -0.1) is 0 Å². The summed E-state index contributed by atoms with van der Waals surface area (Å²) in [6.07, 6.45) is 0. The summed E-state index contributed by atoms with van der Waals surface area (Å²) in [5.74, 6) is 1.54. The Bertz CT molecular complexity index is 275. The van der Waals surface area contributed by atoms with E-state index < -0.39 is 0 Å². The van der Waals surface area contributed by atoms with Gasteiger partial charge in [-0.05, 0) is 13.5 Å². The van der Waals surface area contributed by atoms with Crippen LogP contribution in [0.25, 0.3) is 0 Å². The Balaban J connectivity index is 2.43. The zero-order valence-electron chi connectivity index (χ0n) is 9.62. The van der Waals surface area contributed by atoms with Crippen molar-refractivity contribution in [3.63, 3.8) is 0 Å². The molecule has 0 fully saturated rings. The summed E-state index contributed by atoms with van der Waals surface area (Å²) in [5, 5.41) is 7.08. The summed E-state index contributed by atoms with van der Waals surface area (Å²) < 4.78 is 10.3. The molecule has 0 aliphatic rings. The van der Waals surface area contributed by atoms with Crippen molar-refractivity contribution in [2.45, 2.75) is 33.3 Å². The second kappa shape index (κ2) is 6.53. The first-order valence-electron chi connectivity index (χ1n) is 5.38. The third-order valence-electron chi connectivity index (χ3n) is 2.04. The van der Waals surface area contributed by atoms with Crippen molar-refractivity contribution < 1.29 is 9.26 Å². The monoisotopic (exact) mass is 213 g/mol. The van der Waals surface area contributed by atoms with Gasteiger partial charge in [-0.3, -0.25) is 0 Å². The topological polar surface area (TPSA) is 60.2 Å². The largest absolute Gasteiger partial charge is 0.374 e. The molecular formula is C10H19N3O2. The maximum atomic E-state index is 5.19. The fraction of sp³-hybridized carbons (Fsp3) is 0.800. The lowest BCUT2D eigenvalue weighted by atomic mass is 10.2. The second-order valence-corrected chi connectivity index (χ2v) is 3.39. The second-order valence-electron chi connectivity index (χ2n) is 3.39. The number of nitrogens with one attached hydrogen (secondary N) is 1. The van der Waals surface area contributed by atoms with Gasteiger partial charge < -0.3 is 14.6 Å². The molecule has 0 saturated heterocycles. The Kier molecular flexibility index (Phi) is 5.28. The molecule has 0 radical (unpaired) electrons. The van der Waals surface area contributed by atoms with Crippen LogP contribution < -0.4 is 5.32 Å². The van der Waals surface area contributed by atoms with E-state index in [1.165, 1.54) is 0 Å². The van der Waals surface area contributed by atoms with Gasteiger partial charge >= 0.3 is 0 Å². The van der Waals surface area contributed by atoms with Gasteiger partial charge in [0.2, 0.25) is 5.89 Å². The smallest absolute Gasteiger partial charge is 0.230 e. The van der Waals surface area contributed by atoms with Crippen LogP contribution in [0.1, 0.15) is 38.4 Å². The first-order valence-corrected chi connectivity index (χ1v) is 5.38. The van der Waals surface area contributed by atoms with Gasteiger partial charge in [0.1, 0.15) is 6.61 Å². The highest BCUT2D eigenvalue weighted by molar-refractivity contribution is 4.92. The number of likely N-dealkylation sites (N-methyl/N-ethyl adjacent to an activating group) is 1. The highest BCUT2D eigenvalue weighted by Gasteiger charge is 2.13. The van der Waals surface area contributed by atoms with Crippen LogP contribution in [0.3, 0.4) is 0 Å². The van der Waals surface area contributed by atoms with Gasteiger partial charge in [0.15, 0.2) is 5.82 Å². The van der Waals surface area contributed by atoms with E-state index >= 15 is 0 Å². The van der Waals surface area contributed by atoms with Crippen molar-refractivity contribution in [3.8, 4) is 0 Å². The molecule has 0 aliphatic carbocycles. The Morgan fingerprint density at radius 2 is 2.27 bits per heavy atom. The molecule has 86 valence electrons. The molecule has 5 heteroatoms. The zero-order chi connectivity index (χ0) is 11.1. The van der Waals surface area contributed by atoms with E-state index in [1.807, 2.05) is 6.92 Å². The maximum absolute atomic E-state index is 5.19. The van der Waals surface area contributed by atoms with Crippen LogP contribution in [0.4, 0.5) is 0 Å². The zero-order valence-corrected chi connectivity index (χ0v) is 9.62. The summed E-state index contributed by atoms with van der Waals surface area (Å²) >= 11 is 0. The molecule has 0 spiro atoms. The van der Waals surface area contributed by atoms with E-state index in [0.717, 1.165) is 13.1 Å². The Morgan fingerprint density at radius 1 is 1.47 bits per heavy atom. The summed E-state index contributed by atoms with van der Waals surface area (Å²) in [4.78, 5) is 4.26. The minimum atomic E-state index is 0.243. The molecule has 0 aliphatic heterocycles. The van der Waals surface area contributed by atoms with Crippen molar-refractivity contribution in [3.05, 3.63) is 11.7 Å². The van der Waals surface area contributed by atoms with Crippen LogP contribution in [-0.4, -0.2) is 29.8 Å². The highest BCUT2D eigenvalue weighted by Crippen LogP contribution is 2.11. The molecule has 1 aromatic rings. The average molecular weight is 213 g/mol. The Morgan fingerprint density at radius 3 is 2.93 bits per heavy atom. The van der Waals surface area contributed by atoms with E-state index in [9.17, 15) is 0 Å². The quantitative estimate of drug-likeness (QED) is 0.740. The van der Waals surface area contributed by atoms with E-state index in [1.54, 1.807) is 0 Å². The van der Waals surface area contributed by atoms with Gasteiger partial charge in [-0.1, -0.05) is 19.0 Å². The number of aromatic nitrogens is 2. The predicted molar refractivity (Wildman–Crippen MR) is 56.6 cm³/mol. The Labute approximate surface area is 90.2 Å². The van der Waals surface area contributed by atoms with Crippen molar-refractivity contribution >= 4 is 0 Å². The standard InChI is InChI=1S/C10H19N3O2/c1-4-11-6-8(3)10-12-9(13-15-10)7-14-5-2/h8,11H,4-7H2,1-3H3. The van der Waals surface area contributed by atoms with Crippen molar-refractivity contribution in [2.75, 3.05) is 19.7 Å². The van der Waals surface area contributed by atoms with Crippen LogP contribution in [0.5, 0.6) is 0 Å². The first-order chi connectivity index (χ1) is 7.27. The third kappa shape index (κ3) is 3.97. The number of hydrogen-bond donors (Lipinski definition) is 1. The predicted octanol–water partition coefficient (Wildman–Crippen LogP) is 1.32. The van der Waals surface area contributed by atoms with Crippen LogP contribution in [0, 0.1) is 0 Å². The number of nitrogens with zero attached hydrogens (tertiary/aromatic N) is 2. The molecule has 0 aromatic carbocycles. The SMILES string of the molecule is CCNCC(C)c1nc(COCC)no1.